The van der Waals surface area contributed by atoms with Gasteiger partial charge in [0.1, 0.15) is 0 Å². The van der Waals surface area contributed by atoms with Gasteiger partial charge in [-0.15, -0.1) is 0 Å². The van der Waals surface area contributed by atoms with Crippen molar-refractivity contribution >= 4 is 27.6 Å². The summed E-state index contributed by atoms with van der Waals surface area (Å²) in [7, 11) is 0. The first kappa shape index (κ1) is 12.9. The Morgan fingerprint density at radius 3 is 2.68 bits per heavy atom. The average Bonchev–Trinajstić information content (AvgIpc) is 2.58. The first-order chi connectivity index (χ1) is 9.24. The minimum Gasteiger partial charge on any atom is -0.306 e. The van der Waals surface area contributed by atoms with Crippen LogP contribution in [-0.4, -0.2) is 35.7 Å². The van der Waals surface area contributed by atoms with Crippen LogP contribution in [0.2, 0.25) is 0 Å². The van der Waals surface area contributed by atoms with Crippen molar-refractivity contribution in [3.63, 3.8) is 0 Å². The van der Waals surface area contributed by atoms with E-state index in [1.54, 1.807) is 0 Å². The number of rotatable bonds is 1. The maximum Gasteiger partial charge on any atom is 0.336 e. The molecular formula is C14H18BrN3O. The van der Waals surface area contributed by atoms with Crippen LogP contribution in [0.4, 0.5) is 10.5 Å². The van der Waals surface area contributed by atoms with Gasteiger partial charge in [-0.2, -0.15) is 0 Å². The predicted octanol–water partition coefficient (Wildman–Crippen LogP) is 3.24. The summed E-state index contributed by atoms with van der Waals surface area (Å²) in [5.74, 6) is 0. The van der Waals surface area contributed by atoms with Gasteiger partial charge in [0, 0.05) is 29.8 Å². The van der Waals surface area contributed by atoms with Crippen molar-refractivity contribution in [1.82, 2.24) is 10.0 Å². The van der Waals surface area contributed by atoms with Crippen molar-refractivity contribution in [2.24, 2.45) is 0 Å². The van der Waals surface area contributed by atoms with Crippen LogP contribution in [0.1, 0.15) is 24.8 Å². The number of urea groups is 1. The molecule has 0 unspecified atom stereocenters. The first-order valence-electron chi connectivity index (χ1n) is 6.86. The normalized spacial score (nSPS) is 20.7. The Morgan fingerprint density at radius 1 is 1.11 bits per heavy atom. The molecule has 1 aromatic rings. The molecular weight excluding hydrogens is 306 g/mol. The molecule has 1 aromatic carbocycles. The minimum absolute atomic E-state index is 0.00275. The Balaban J connectivity index is 1.79. The maximum absolute atomic E-state index is 12.3. The van der Waals surface area contributed by atoms with Gasteiger partial charge in [0.05, 0.1) is 0 Å². The molecule has 2 aliphatic heterocycles. The first-order valence-corrected chi connectivity index (χ1v) is 7.65. The number of hydrazine groups is 1. The zero-order chi connectivity index (χ0) is 13.2. The number of anilines is 1. The molecule has 3 rings (SSSR count). The monoisotopic (exact) mass is 323 g/mol. The van der Waals surface area contributed by atoms with Gasteiger partial charge >= 0.3 is 6.03 Å². The van der Waals surface area contributed by atoms with E-state index in [4.69, 9.17) is 0 Å². The van der Waals surface area contributed by atoms with Crippen LogP contribution in [-0.2, 0) is 6.42 Å². The lowest BCUT2D eigenvalue weighted by Crippen LogP contribution is -2.50. The van der Waals surface area contributed by atoms with E-state index in [-0.39, 0.29) is 6.03 Å². The second-order valence-corrected chi connectivity index (χ2v) is 6.03. The van der Waals surface area contributed by atoms with Crippen LogP contribution >= 0.6 is 15.9 Å². The van der Waals surface area contributed by atoms with Gasteiger partial charge in [-0.3, -0.25) is 5.01 Å². The minimum atomic E-state index is 0.00275. The maximum atomic E-state index is 12.3. The third kappa shape index (κ3) is 2.77. The number of hydrogen-bond acceptors (Lipinski definition) is 2. The standard InChI is InChI=1S/C14H18BrN3O/c15-12-4-5-13-11(10-12)6-9-18(14(19)16-13)17-7-2-1-3-8-17/h4-5,10H,1-3,6-9H2,(H,16,19). The van der Waals surface area contributed by atoms with Crippen LogP contribution in [0.3, 0.4) is 0 Å². The molecule has 0 atom stereocenters. The zero-order valence-corrected chi connectivity index (χ0v) is 12.4. The molecule has 5 heteroatoms. The molecule has 1 saturated heterocycles. The number of benzene rings is 1. The quantitative estimate of drug-likeness (QED) is 0.861. The summed E-state index contributed by atoms with van der Waals surface area (Å²) in [5, 5.41) is 7.10. The number of nitrogens with one attached hydrogen (secondary N) is 1. The summed E-state index contributed by atoms with van der Waals surface area (Å²) < 4.78 is 1.06. The topological polar surface area (TPSA) is 35.6 Å². The van der Waals surface area contributed by atoms with Crippen molar-refractivity contribution in [3.05, 3.63) is 28.2 Å². The highest BCUT2D eigenvalue weighted by Gasteiger charge is 2.26. The van der Waals surface area contributed by atoms with Gasteiger partial charge in [-0.05, 0) is 43.0 Å². The van der Waals surface area contributed by atoms with E-state index in [2.05, 4.69) is 32.3 Å². The van der Waals surface area contributed by atoms with E-state index in [9.17, 15) is 4.79 Å². The van der Waals surface area contributed by atoms with Gasteiger partial charge in [-0.25, -0.2) is 9.80 Å². The smallest absolute Gasteiger partial charge is 0.306 e. The summed E-state index contributed by atoms with van der Waals surface area (Å²) in [6.45, 7) is 2.75. The Hall–Kier alpha value is -1.07. The Morgan fingerprint density at radius 2 is 1.89 bits per heavy atom. The second kappa shape index (κ2) is 5.51. The number of amides is 2. The lowest BCUT2D eigenvalue weighted by molar-refractivity contribution is 0.00546. The molecule has 19 heavy (non-hydrogen) atoms. The van der Waals surface area contributed by atoms with Crippen LogP contribution in [0.15, 0.2) is 22.7 Å². The van der Waals surface area contributed by atoms with Crippen molar-refractivity contribution in [2.75, 3.05) is 25.0 Å². The number of fused-ring (bicyclic) bond motifs is 1. The largest absolute Gasteiger partial charge is 0.336 e. The van der Waals surface area contributed by atoms with E-state index in [1.807, 2.05) is 17.1 Å². The molecule has 4 nitrogen and oxygen atoms in total. The van der Waals surface area contributed by atoms with Crippen LogP contribution in [0, 0.1) is 0 Å². The fourth-order valence-corrected chi connectivity index (χ4v) is 3.20. The molecule has 2 aliphatic rings. The molecule has 2 heterocycles. The van der Waals surface area contributed by atoms with Crippen LogP contribution < -0.4 is 5.32 Å². The lowest BCUT2D eigenvalue weighted by atomic mass is 10.1. The molecule has 2 amide bonds. The molecule has 0 aromatic heterocycles. The third-order valence-corrected chi connectivity index (χ3v) is 4.30. The molecule has 0 bridgehead atoms. The van der Waals surface area contributed by atoms with E-state index < -0.39 is 0 Å². The number of halogens is 1. The summed E-state index contributed by atoms with van der Waals surface area (Å²) in [4.78, 5) is 12.3. The van der Waals surface area contributed by atoms with Crippen molar-refractivity contribution in [2.45, 2.75) is 25.7 Å². The molecule has 0 aliphatic carbocycles. The molecule has 1 fully saturated rings. The Kier molecular flexibility index (Phi) is 3.75. The highest BCUT2D eigenvalue weighted by molar-refractivity contribution is 9.10. The van der Waals surface area contributed by atoms with Gasteiger partial charge in [-0.1, -0.05) is 22.4 Å². The van der Waals surface area contributed by atoms with Gasteiger partial charge < -0.3 is 5.32 Å². The van der Waals surface area contributed by atoms with Gasteiger partial charge in [0.25, 0.3) is 0 Å². The number of carbonyl (C=O) groups is 1. The summed E-state index contributed by atoms with van der Waals surface area (Å²) >= 11 is 3.49. The highest BCUT2D eigenvalue weighted by atomic mass is 79.9. The van der Waals surface area contributed by atoms with Crippen LogP contribution in [0.25, 0.3) is 0 Å². The van der Waals surface area contributed by atoms with E-state index in [1.165, 1.54) is 24.8 Å². The van der Waals surface area contributed by atoms with Crippen molar-refractivity contribution < 1.29 is 4.79 Å². The summed E-state index contributed by atoms with van der Waals surface area (Å²) in [6.07, 6.45) is 4.54. The lowest BCUT2D eigenvalue weighted by Gasteiger charge is -2.36. The van der Waals surface area contributed by atoms with E-state index in [0.29, 0.717) is 0 Å². The number of nitrogens with zero attached hydrogens (tertiary/aromatic N) is 2. The van der Waals surface area contributed by atoms with Gasteiger partial charge in [0.2, 0.25) is 0 Å². The van der Waals surface area contributed by atoms with Crippen molar-refractivity contribution in [3.8, 4) is 0 Å². The fraction of sp³-hybridized carbons (Fsp3) is 0.500. The highest BCUT2D eigenvalue weighted by Crippen LogP contribution is 2.25. The van der Waals surface area contributed by atoms with E-state index in [0.717, 1.165) is 36.2 Å². The summed E-state index contributed by atoms with van der Waals surface area (Å²) in [6, 6.07) is 6.03. The number of piperidine rings is 1. The van der Waals surface area contributed by atoms with Crippen molar-refractivity contribution in [1.29, 1.82) is 0 Å². The van der Waals surface area contributed by atoms with Gasteiger partial charge in [0.15, 0.2) is 0 Å². The SMILES string of the molecule is O=C1Nc2ccc(Br)cc2CCN1N1CCCCC1. The molecule has 1 N–H and O–H groups in total. The molecule has 102 valence electrons. The molecule has 0 saturated carbocycles. The zero-order valence-electron chi connectivity index (χ0n) is 10.9. The fourth-order valence-electron chi connectivity index (χ4n) is 2.79. The molecule has 0 spiro atoms. The average molecular weight is 324 g/mol. The molecule has 0 radical (unpaired) electrons. The third-order valence-electron chi connectivity index (χ3n) is 3.81. The van der Waals surface area contributed by atoms with Crippen LogP contribution in [0.5, 0.6) is 0 Å². The Bertz CT molecular complexity index is 486. The van der Waals surface area contributed by atoms with E-state index >= 15 is 0 Å². The number of hydrogen-bond donors (Lipinski definition) is 1. The predicted molar refractivity (Wildman–Crippen MR) is 79.0 cm³/mol. The summed E-state index contributed by atoms with van der Waals surface area (Å²) in [5.41, 5.74) is 2.13. The number of carbonyl (C=O) groups excluding carboxylic acids is 1. The Labute approximate surface area is 121 Å². The second-order valence-electron chi connectivity index (χ2n) is 5.12.